The van der Waals surface area contributed by atoms with Crippen LogP contribution >= 0.6 is 0 Å². The van der Waals surface area contributed by atoms with E-state index in [1.165, 1.54) is 25.3 Å². The maximum absolute atomic E-state index is 11.0. The first-order valence-electron chi connectivity index (χ1n) is 7.67. The summed E-state index contributed by atoms with van der Waals surface area (Å²) in [5.41, 5.74) is 2.33. The molecule has 2 N–H and O–H groups in total. The van der Waals surface area contributed by atoms with Crippen molar-refractivity contribution in [2.75, 3.05) is 6.54 Å². The predicted molar refractivity (Wildman–Crippen MR) is 85.5 cm³/mol. The maximum Gasteiger partial charge on any atom is 0.216 e. The summed E-state index contributed by atoms with van der Waals surface area (Å²) in [6.45, 7) is 5.35. The van der Waals surface area contributed by atoms with E-state index >= 15 is 0 Å². The fourth-order valence-corrected chi connectivity index (χ4v) is 2.65. The van der Waals surface area contributed by atoms with Crippen LogP contribution in [0, 0.1) is 0 Å². The molecule has 1 heterocycles. The van der Waals surface area contributed by atoms with Gasteiger partial charge in [-0.3, -0.25) is 4.79 Å². The van der Waals surface area contributed by atoms with Crippen molar-refractivity contribution in [3.63, 3.8) is 0 Å². The Bertz CT molecular complexity index is 617. The van der Waals surface area contributed by atoms with Crippen LogP contribution in [0.25, 0.3) is 10.9 Å². The van der Waals surface area contributed by atoms with Crippen LogP contribution in [0.2, 0.25) is 0 Å². The normalized spacial score (nSPS) is 11.0. The smallest absolute Gasteiger partial charge is 0.216 e. The number of phenols is 1. The van der Waals surface area contributed by atoms with Gasteiger partial charge in [-0.15, -0.1) is 0 Å². The molecule has 2 aromatic rings. The van der Waals surface area contributed by atoms with Gasteiger partial charge < -0.3 is 15.0 Å². The van der Waals surface area contributed by atoms with Gasteiger partial charge in [0, 0.05) is 37.1 Å². The van der Waals surface area contributed by atoms with E-state index in [2.05, 4.69) is 23.0 Å². The van der Waals surface area contributed by atoms with Gasteiger partial charge in [0.05, 0.1) is 0 Å². The third-order valence-corrected chi connectivity index (χ3v) is 3.72. The zero-order chi connectivity index (χ0) is 15.2. The molecule has 0 saturated heterocycles. The van der Waals surface area contributed by atoms with Crippen molar-refractivity contribution in [3.05, 3.63) is 30.0 Å². The van der Waals surface area contributed by atoms with Crippen LogP contribution in [0.5, 0.6) is 5.75 Å². The molecule has 0 saturated carbocycles. The molecule has 1 amide bonds. The highest BCUT2D eigenvalue weighted by Crippen LogP contribution is 2.26. The Morgan fingerprint density at radius 2 is 2.14 bits per heavy atom. The van der Waals surface area contributed by atoms with Crippen molar-refractivity contribution in [1.29, 1.82) is 0 Å². The highest BCUT2D eigenvalue weighted by Gasteiger charge is 2.09. The summed E-state index contributed by atoms with van der Waals surface area (Å²) in [6.07, 6.45) is 6.52. The topological polar surface area (TPSA) is 54.3 Å². The van der Waals surface area contributed by atoms with Gasteiger partial charge in [0.2, 0.25) is 5.91 Å². The molecule has 0 aliphatic rings. The van der Waals surface area contributed by atoms with Crippen LogP contribution in [-0.4, -0.2) is 22.1 Å². The molecule has 4 heteroatoms. The van der Waals surface area contributed by atoms with Gasteiger partial charge in [0.1, 0.15) is 5.75 Å². The van der Waals surface area contributed by atoms with Crippen LogP contribution in [0.3, 0.4) is 0 Å². The number of benzene rings is 1. The summed E-state index contributed by atoms with van der Waals surface area (Å²) in [7, 11) is 0. The number of fused-ring (bicyclic) bond motifs is 1. The zero-order valence-corrected chi connectivity index (χ0v) is 12.9. The third kappa shape index (κ3) is 4.00. The molecule has 0 radical (unpaired) electrons. The Morgan fingerprint density at radius 1 is 1.33 bits per heavy atom. The van der Waals surface area contributed by atoms with E-state index < -0.39 is 0 Å². The second kappa shape index (κ2) is 7.16. The Morgan fingerprint density at radius 3 is 2.86 bits per heavy atom. The summed E-state index contributed by atoms with van der Waals surface area (Å²) in [5.74, 6) is 0.277. The number of aryl methyl sites for hydroxylation is 1. The molecule has 0 bridgehead atoms. The number of aromatic hydroxyl groups is 1. The summed E-state index contributed by atoms with van der Waals surface area (Å²) >= 11 is 0. The summed E-state index contributed by atoms with van der Waals surface area (Å²) < 4.78 is 2.26. The number of rotatable bonds is 7. The van der Waals surface area contributed by atoms with E-state index in [9.17, 15) is 9.90 Å². The molecule has 0 atom stereocenters. The molecule has 21 heavy (non-hydrogen) atoms. The average Bonchev–Trinajstić information content (AvgIpc) is 2.76. The van der Waals surface area contributed by atoms with E-state index in [0.717, 1.165) is 30.3 Å². The number of aromatic nitrogens is 1. The molecule has 1 aromatic carbocycles. The molecule has 4 nitrogen and oxygen atoms in total. The maximum atomic E-state index is 11.0. The molecule has 114 valence electrons. The molecular formula is C17H24N2O2. The van der Waals surface area contributed by atoms with Crippen molar-refractivity contribution >= 4 is 16.8 Å². The van der Waals surface area contributed by atoms with Crippen molar-refractivity contribution in [2.24, 2.45) is 0 Å². The number of carbonyl (C=O) groups is 1. The van der Waals surface area contributed by atoms with Crippen LogP contribution in [-0.2, 0) is 17.8 Å². The Kier molecular flexibility index (Phi) is 5.26. The quantitative estimate of drug-likeness (QED) is 0.769. The van der Waals surface area contributed by atoms with Gasteiger partial charge in [-0.05, 0) is 36.6 Å². The molecule has 0 aliphatic carbocycles. The molecule has 0 aliphatic heterocycles. The van der Waals surface area contributed by atoms with Crippen LogP contribution in [0.4, 0.5) is 0 Å². The van der Waals surface area contributed by atoms with E-state index in [1.807, 2.05) is 12.1 Å². The van der Waals surface area contributed by atoms with Crippen LogP contribution in [0.1, 0.15) is 38.7 Å². The Labute approximate surface area is 125 Å². The van der Waals surface area contributed by atoms with Crippen molar-refractivity contribution < 1.29 is 9.90 Å². The standard InChI is InChI=1S/C17H24N2O2/c1-3-4-5-10-19-12-14(8-9-18-13(2)20)16-11-15(21)6-7-17(16)19/h6-7,11-12,21H,3-5,8-10H2,1-2H3,(H,18,20). The van der Waals surface area contributed by atoms with Gasteiger partial charge in [0.15, 0.2) is 0 Å². The van der Waals surface area contributed by atoms with Gasteiger partial charge in [0.25, 0.3) is 0 Å². The Hall–Kier alpha value is -1.97. The third-order valence-electron chi connectivity index (χ3n) is 3.72. The molecule has 2 rings (SSSR count). The van der Waals surface area contributed by atoms with E-state index in [4.69, 9.17) is 0 Å². The number of carbonyl (C=O) groups excluding carboxylic acids is 1. The molecule has 1 aromatic heterocycles. The number of unbranched alkanes of at least 4 members (excludes halogenated alkanes) is 2. The highest BCUT2D eigenvalue weighted by molar-refractivity contribution is 5.85. The monoisotopic (exact) mass is 288 g/mol. The molecule has 0 fully saturated rings. The van der Waals surface area contributed by atoms with Crippen molar-refractivity contribution in [2.45, 2.75) is 46.1 Å². The lowest BCUT2D eigenvalue weighted by Gasteiger charge is -2.04. The van der Waals surface area contributed by atoms with Gasteiger partial charge in [-0.1, -0.05) is 19.8 Å². The number of phenolic OH excluding ortho intramolecular Hbond substituents is 1. The molecular weight excluding hydrogens is 264 g/mol. The average molecular weight is 288 g/mol. The second-order valence-electron chi connectivity index (χ2n) is 5.49. The number of hydrogen-bond acceptors (Lipinski definition) is 2. The van der Waals surface area contributed by atoms with Gasteiger partial charge in [-0.25, -0.2) is 0 Å². The van der Waals surface area contributed by atoms with E-state index in [1.54, 1.807) is 6.07 Å². The summed E-state index contributed by atoms with van der Waals surface area (Å²) in [4.78, 5) is 11.0. The minimum absolute atomic E-state index is 0.00969. The number of amides is 1. The second-order valence-corrected chi connectivity index (χ2v) is 5.49. The summed E-state index contributed by atoms with van der Waals surface area (Å²) in [5, 5.41) is 13.6. The van der Waals surface area contributed by atoms with Crippen molar-refractivity contribution in [1.82, 2.24) is 9.88 Å². The lowest BCUT2D eigenvalue weighted by Crippen LogP contribution is -2.22. The number of nitrogens with one attached hydrogen (secondary N) is 1. The lowest BCUT2D eigenvalue weighted by molar-refractivity contribution is -0.118. The minimum atomic E-state index is -0.00969. The number of hydrogen-bond donors (Lipinski definition) is 2. The molecule has 0 unspecified atom stereocenters. The SMILES string of the molecule is CCCCCn1cc(CCNC(C)=O)c2cc(O)ccc21. The highest BCUT2D eigenvalue weighted by atomic mass is 16.3. The van der Waals surface area contributed by atoms with Crippen LogP contribution < -0.4 is 5.32 Å². The first-order valence-corrected chi connectivity index (χ1v) is 7.67. The minimum Gasteiger partial charge on any atom is -0.508 e. The Balaban J connectivity index is 2.22. The fraction of sp³-hybridized carbons (Fsp3) is 0.471. The van der Waals surface area contributed by atoms with Crippen LogP contribution in [0.15, 0.2) is 24.4 Å². The predicted octanol–water partition coefficient (Wildman–Crippen LogP) is 3.22. The lowest BCUT2D eigenvalue weighted by atomic mass is 10.1. The van der Waals surface area contributed by atoms with E-state index in [0.29, 0.717) is 6.54 Å². The summed E-state index contributed by atoms with van der Waals surface area (Å²) in [6, 6.07) is 5.52. The van der Waals surface area contributed by atoms with Gasteiger partial charge >= 0.3 is 0 Å². The largest absolute Gasteiger partial charge is 0.508 e. The molecule has 0 spiro atoms. The zero-order valence-electron chi connectivity index (χ0n) is 12.9. The fourth-order valence-electron chi connectivity index (χ4n) is 2.65. The van der Waals surface area contributed by atoms with Gasteiger partial charge in [-0.2, -0.15) is 0 Å². The first kappa shape index (κ1) is 15.4. The first-order chi connectivity index (χ1) is 10.1. The number of nitrogens with zero attached hydrogens (tertiary/aromatic N) is 1. The van der Waals surface area contributed by atoms with Crippen molar-refractivity contribution in [3.8, 4) is 5.75 Å². The van der Waals surface area contributed by atoms with E-state index in [-0.39, 0.29) is 11.7 Å².